The Bertz CT molecular complexity index is 582. The summed E-state index contributed by atoms with van der Waals surface area (Å²) in [5.41, 5.74) is 3.19. The van der Waals surface area contributed by atoms with Crippen molar-refractivity contribution < 1.29 is 9.53 Å². The van der Waals surface area contributed by atoms with Crippen LogP contribution >= 0.6 is 11.3 Å². The monoisotopic (exact) mass is 304 g/mol. The maximum absolute atomic E-state index is 12.3. The first kappa shape index (κ1) is 15.5. The van der Waals surface area contributed by atoms with Crippen molar-refractivity contribution >= 4 is 17.2 Å². The van der Waals surface area contributed by atoms with Crippen molar-refractivity contribution in [3.63, 3.8) is 0 Å². The Hall–Kier alpha value is -1.88. The number of amides is 1. The number of hydrogen-bond acceptors (Lipinski definition) is 4. The Morgan fingerprint density at radius 2 is 2.10 bits per heavy atom. The first-order valence-corrected chi connectivity index (χ1v) is 7.92. The van der Waals surface area contributed by atoms with Gasteiger partial charge in [0.2, 0.25) is 0 Å². The number of nitrogens with one attached hydrogen (secondary N) is 1. The average molecular weight is 304 g/mol. The van der Waals surface area contributed by atoms with Gasteiger partial charge in [-0.05, 0) is 25.0 Å². The molecular weight excluding hydrogens is 284 g/mol. The lowest BCUT2D eigenvalue weighted by Gasteiger charge is -2.18. The molecule has 21 heavy (non-hydrogen) atoms. The van der Waals surface area contributed by atoms with E-state index in [1.54, 1.807) is 17.6 Å². The summed E-state index contributed by atoms with van der Waals surface area (Å²) in [6.07, 6.45) is 0. The molecular formula is C16H20N2O2S. The Balaban J connectivity index is 2.07. The van der Waals surface area contributed by atoms with Crippen LogP contribution in [0.4, 0.5) is 0 Å². The number of aromatic nitrogens is 1. The van der Waals surface area contributed by atoms with Crippen LogP contribution in [0.2, 0.25) is 0 Å². The first-order valence-electron chi connectivity index (χ1n) is 6.97. The fourth-order valence-electron chi connectivity index (χ4n) is 1.69. The molecule has 1 heterocycles. The van der Waals surface area contributed by atoms with E-state index in [2.05, 4.69) is 24.1 Å². The highest BCUT2D eigenvalue weighted by Crippen LogP contribution is 2.20. The molecule has 4 nitrogen and oxygen atoms in total. The minimum Gasteiger partial charge on any atom is -0.486 e. The molecule has 1 N–H and O–H groups in total. The van der Waals surface area contributed by atoms with Gasteiger partial charge in [-0.1, -0.05) is 26.0 Å². The zero-order chi connectivity index (χ0) is 15.2. The van der Waals surface area contributed by atoms with Crippen LogP contribution < -0.4 is 10.1 Å². The van der Waals surface area contributed by atoms with Crippen LogP contribution in [0.5, 0.6) is 5.75 Å². The van der Waals surface area contributed by atoms with Crippen molar-refractivity contribution in [1.29, 1.82) is 0 Å². The molecule has 0 aliphatic heterocycles. The summed E-state index contributed by atoms with van der Waals surface area (Å²) in [7, 11) is 0. The molecule has 2 rings (SSSR count). The van der Waals surface area contributed by atoms with Crippen molar-refractivity contribution in [2.75, 3.05) is 0 Å². The van der Waals surface area contributed by atoms with E-state index >= 15 is 0 Å². The van der Waals surface area contributed by atoms with Gasteiger partial charge in [0.05, 0.1) is 16.8 Å². The van der Waals surface area contributed by atoms with Crippen LogP contribution in [0.1, 0.15) is 36.8 Å². The summed E-state index contributed by atoms with van der Waals surface area (Å²) in [5, 5.41) is 4.93. The molecule has 1 amide bonds. The molecule has 1 unspecified atom stereocenters. The van der Waals surface area contributed by atoms with Crippen LogP contribution in [0.15, 0.2) is 35.2 Å². The minimum atomic E-state index is -0.106. The van der Waals surface area contributed by atoms with Gasteiger partial charge in [0.15, 0.2) is 0 Å². The van der Waals surface area contributed by atoms with Gasteiger partial charge in [-0.3, -0.25) is 4.79 Å². The first-order chi connectivity index (χ1) is 10.1. The predicted octanol–water partition coefficient (Wildman–Crippen LogP) is 3.50. The van der Waals surface area contributed by atoms with E-state index in [0.717, 1.165) is 5.69 Å². The highest BCUT2D eigenvalue weighted by Gasteiger charge is 2.16. The molecule has 0 spiro atoms. The molecule has 1 atom stereocenters. The molecule has 0 aliphatic rings. The lowest BCUT2D eigenvalue weighted by Crippen LogP contribution is -2.36. The largest absolute Gasteiger partial charge is 0.486 e. The minimum absolute atomic E-state index is 0.106. The molecule has 0 aliphatic carbocycles. The van der Waals surface area contributed by atoms with Gasteiger partial charge in [0.1, 0.15) is 12.4 Å². The number of para-hydroxylation sites is 1. The van der Waals surface area contributed by atoms with Crippen molar-refractivity contribution in [1.82, 2.24) is 10.3 Å². The average Bonchev–Trinajstić information content (AvgIpc) is 2.98. The molecule has 1 aromatic heterocycles. The molecule has 112 valence electrons. The Morgan fingerprint density at radius 3 is 2.76 bits per heavy atom. The molecule has 0 fully saturated rings. The lowest BCUT2D eigenvalue weighted by molar-refractivity contribution is 0.0926. The molecule has 0 bridgehead atoms. The summed E-state index contributed by atoms with van der Waals surface area (Å²) in [6, 6.07) is 7.40. The Labute approximate surface area is 129 Å². The van der Waals surface area contributed by atoms with Gasteiger partial charge in [-0.15, -0.1) is 11.3 Å². The van der Waals surface area contributed by atoms with Gasteiger partial charge in [0.25, 0.3) is 5.91 Å². The highest BCUT2D eigenvalue weighted by molar-refractivity contribution is 7.07. The quantitative estimate of drug-likeness (QED) is 0.888. The summed E-state index contributed by atoms with van der Waals surface area (Å²) >= 11 is 1.53. The molecule has 0 saturated carbocycles. The second-order valence-corrected chi connectivity index (χ2v) is 5.99. The molecule has 0 radical (unpaired) electrons. The van der Waals surface area contributed by atoms with Crippen molar-refractivity contribution in [3.05, 3.63) is 46.4 Å². The van der Waals surface area contributed by atoms with E-state index < -0.39 is 0 Å². The van der Waals surface area contributed by atoms with Gasteiger partial charge in [0, 0.05) is 11.4 Å². The zero-order valence-corrected chi connectivity index (χ0v) is 13.3. The van der Waals surface area contributed by atoms with Crippen LogP contribution in [0, 0.1) is 5.92 Å². The van der Waals surface area contributed by atoms with E-state index in [1.807, 2.05) is 24.4 Å². The fourth-order valence-corrected chi connectivity index (χ4v) is 2.23. The Morgan fingerprint density at radius 1 is 1.33 bits per heavy atom. The number of carbonyl (C=O) groups excluding carboxylic acids is 1. The van der Waals surface area contributed by atoms with Gasteiger partial charge >= 0.3 is 0 Å². The van der Waals surface area contributed by atoms with Gasteiger partial charge in [-0.25, -0.2) is 4.98 Å². The van der Waals surface area contributed by atoms with E-state index in [0.29, 0.717) is 23.8 Å². The fraction of sp³-hybridized carbons (Fsp3) is 0.375. The van der Waals surface area contributed by atoms with Crippen LogP contribution in [0.25, 0.3) is 0 Å². The number of carbonyl (C=O) groups is 1. The summed E-state index contributed by atoms with van der Waals surface area (Å²) < 4.78 is 5.73. The molecule has 1 aromatic carbocycles. The Kier molecular flexibility index (Phi) is 5.33. The third-order valence-electron chi connectivity index (χ3n) is 3.35. The lowest BCUT2D eigenvalue weighted by atomic mass is 10.1. The van der Waals surface area contributed by atoms with Crippen molar-refractivity contribution in [2.24, 2.45) is 5.92 Å². The predicted molar refractivity (Wildman–Crippen MR) is 84.7 cm³/mol. The van der Waals surface area contributed by atoms with Crippen molar-refractivity contribution in [3.8, 4) is 5.75 Å². The van der Waals surface area contributed by atoms with E-state index in [9.17, 15) is 4.79 Å². The second-order valence-electron chi connectivity index (χ2n) is 5.27. The molecule has 5 heteroatoms. The van der Waals surface area contributed by atoms with Crippen molar-refractivity contribution in [2.45, 2.75) is 33.4 Å². The van der Waals surface area contributed by atoms with E-state index in [-0.39, 0.29) is 11.9 Å². The number of benzene rings is 1. The van der Waals surface area contributed by atoms with Crippen LogP contribution in [-0.2, 0) is 6.61 Å². The number of nitrogens with zero attached hydrogens (tertiary/aromatic N) is 1. The smallest absolute Gasteiger partial charge is 0.255 e. The summed E-state index contributed by atoms with van der Waals surface area (Å²) in [6.45, 7) is 6.53. The SMILES string of the molecule is CC(C)C(C)NC(=O)c1ccccc1OCc1cscn1. The molecule has 0 saturated heterocycles. The van der Waals surface area contributed by atoms with Gasteiger partial charge < -0.3 is 10.1 Å². The van der Waals surface area contributed by atoms with Crippen LogP contribution in [-0.4, -0.2) is 16.9 Å². The second kappa shape index (κ2) is 7.22. The van der Waals surface area contributed by atoms with Crippen LogP contribution in [0.3, 0.4) is 0 Å². The molecule has 2 aromatic rings. The van der Waals surface area contributed by atoms with E-state index in [1.165, 1.54) is 11.3 Å². The summed E-state index contributed by atoms with van der Waals surface area (Å²) in [4.78, 5) is 16.5. The van der Waals surface area contributed by atoms with E-state index in [4.69, 9.17) is 4.74 Å². The maximum atomic E-state index is 12.3. The number of hydrogen-bond donors (Lipinski definition) is 1. The maximum Gasteiger partial charge on any atom is 0.255 e. The highest BCUT2D eigenvalue weighted by atomic mass is 32.1. The standard InChI is InChI=1S/C16H20N2O2S/c1-11(2)12(3)18-16(19)14-6-4-5-7-15(14)20-8-13-9-21-10-17-13/h4-7,9-12H,8H2,1-3H3,(H,18,19). The zero-order valence-electron chi connectivity index (χ0n) is 12.5. The third kappa shape index (κ3) is 4.29. The number of thiazole rings is 1. The normalized spacial score (nSPS) is 12.2. The number of rotatable bonds is 6. The van der Waals surface area contributed by atoms with Gasteiger partial charge in [-0.2, -0.15) is 0 Å². The third-order valence-corrected chi connectivity index (χ3v) is 3.98. The summed E-state index contributed by atoms with van der Waals surface area (Å²) in [5.74, 6) is 0.862. The number of ether oxygens (including phenoxy) is 1. The topological polar surface area (TPSA) is 51.2 Å².